The Balaban J connectivity index is 1.98. The van der Waals surface area contributed by atoms with Gasteiger partial charge in [0, 0.05) is 13.0 Å². The van der Waals surface area contributed by atoms with Crippen molar-refractivity contribution >= 4 is 38.9 Å². The van der Waals surface area contributed by atoms with Crippen molar-refractivity contribution in [1.29, 1.82) is 0 Å². The molecule has 1 fully saturated rings. The normalized spacial score (nSPS) is 15.3. The molecule has 1 aliphatic rings. The van der Waals surface area contributed by atoms with E-state index in [0.717, 1.165) is 12.1 Å². The number of nitrogens with zero attached hydrogens (tertiary/aromatic N) is 1. The van der Waals surface area contributed by atoms with Crippen LogP contribution in [0.15, 0.2) is 47.4 Å². The maximum absolute atomic E-state index is 13.0. The van der Waals surface area contributed by atoms with Crippen molar-refractivity contribution in [3.8, 4) is 0 Å². The van der Waals surface area contributed by atoms with Gasteiger partial charge in [0.05, 0.1) is 26.9 Å². The fraction of sp³-hybridized carbons (Fsp3) is 0.235. The smallest absolute Gasteiger partial charge is 0.310 e. The van der Waals surface area contributed by atoms with E-state index < -0.39 is 31.7 Å². The fourth-order valence-corrected chi connectivity index (χ4v) is 4.12. The van der Waals surface area contributed by atoms with Crippen LogP contribution in [-0.4, -0.2) is 20.9 Å². The predicted octanol–water partition coefficient (Wildman–Crippen LogP) is 4.29. The number of benzene rings is 2. The lowest BCUT2D eigenvalue weighted by molar-refractivity contribution is -0.137. The molecule has 0 bridgehead atoms. The number of nitrogens with one attached hydrogen (secondary N) is 1. The third-order valence-corrected chi connectivity index (χ3v) is 5.76. The first-order valence-electron chi connectivity index (χ1n) is 7.88. The van der Waals surface area contributed by atoms with E-state index in [1.807, 2.05) is 0 Å². The van der Waals surface area contributed by atoms with E-state index in [4.69, 9.17) is 11.6 Å². The van der Waals surface area contributed by atoms with Crippen molar-refractivity contribution in [3.05, 3.63) is 53.1 Å². The number of para-hydroxylation sites is 2. The van der Waals surface area contributed by atoms with Crippen molar-refractivity contribution < 1.29 is 26.4 Å². The van der Waals surface area contributed by atoms with Crippen LogP contribution in [-0.2, 0) is 21.0 Å². The minimum absolute atomic E-state index is 0.108. The van der Waals surface area contributed by atoms with Gasteiger partial charge in [-0.15, -0.1) is 0 Å². The number of halogens is 4. The van der Waals surface area contributed by atoms with Crippen LogP contribution in [0.2, 0.25) is 5.02 Å². The van der Waals surface area contributed by atoms with Gasteiger partial charge in [0.25, 0.3) is 10.0 Å². The lowest BCUT2D eigenvalue weighted by Gasteiger charge is -2.20. The van der Waals surface area contributed by atoms with Gasteiger partial charge in [-0.2, -0.15) is 13.2 Å². The minimum atomic E-state index is -4.79. The summed E-state index contributed by atoms with van der Waals surface area (Å²) in [5.41, 5.74) is -0.778. The number of rotatable bonds is 4. The number of hydrogen-bond donors (Lipinski definition) is 1. The molecule has 0 spiro atoms. The van der Waals surface area contributed by atoms with Gasteiger partial charge in [-0.25, -0.2) is 8.42 Å². The molecular weight excluding hydrogens is 405 g/mol. The van der Waals surface area contributed by atoms with E-state index in [9.17, 15) is 26.4 Å². The van der Waals surface area contributed by atoms with Gasteiger partial charge in [-0.1, -0.05) is 23.7 Å². The second-order valence-corrected chi connectivity index (χ2v) is 8.00. The number of carbonyl (C=O) groups is 1. The second-order valence-electron chi connectivity index (χ2n) is 5.91. The van der Waals surface area contributed by atoms with E-state index in [-0.39, 0.29) is 11.6 Å². The summed E-state index contributed by atoms with van der Waals surface area (Å²) >= 11 is 5.54. The molecule has 1 aliphatic heterocycles. The van der Waals surface area contributed by atoms with E-state index >= 15 is 0 Å². The van der Waals surface area contributed by atoms with Crippen LogP contribution < -0.4 is 9.62 Å². The summed E-state index contributed by atoms with van der Waals surface area (Å²) < 4.78 is 66.5. The Hall–Kier alpha value is -2.26. The molecule has 1 amide bonds. The first-order chi connectivity index (χ1) is 12.6. The molecule has 0 atom stereocenters. The molecule has 1 saturated heterocycles. The first-order valence-corrected chi connectivity index (χ1v) is 9.75. The van der Waals surface area contributed by atoms with Gasteiger partial charge in [-0.05, 0) is 36.8 Å². The number of anilines is 2. The van der Waals surface area contributed by atoms with Crippen LogP contribution in [0, 0.1) is 0 Å². The monoisotopic (exact) mass is 418 g/mol. The van der Waals surface area contributed by atoms with Crippen LogP contribution in [0.4, 0.5) is 24.5 Å². The predicted molar refractivity (Wildman–Crippen MR) is 95.3 cm³/mol. The van der Waals surface area contributed by atoms with Crippen LogP contribution in [0.25, 0.3) is 0 Å². The third-order valence-electron chi connectivity index (χ3n) is 4.07. The van der Waals surface area contributed by atoms with Gasteiger partial charge >= 0.3 is 6.18 Å². The lowest BCUT2D eigenvalue weighted by atomic mass is 10.2. The lowest BCUT2D eigenvalue weighted by Crippen LogP contribution is -2.25. The Bertz CT molecular complexity index is 993. The molecule has 0 radical (unpaired) electrons. The Morgan fingerprint density at radius 1 is 1.11 bits per heavy atom. The molecule has 1 heterocycles. The number of hydrogen-bond acceptors (Lipinski definition) is 3. The minimum Gasteiger partial charge on any atom is -0.310 e. The van der Waals surface area contributed by atoms with Gasteiger partial charge in [0.2, 0.25) is 5.91 Å². The molecule has 0 unspecified atom stereocenters. The summed E-state index contributed by atoms with van der Waals surface area (Å²) in [6.45, 7) is 0.441. The molecule has 144 valence electrons. The van der Waals surface area contributed by atoms with Crippen molar-refractivity contribution in [1.82, 2.24) is 0 Å². The van der Waals surface area contributed by atoms with Crippen LogP contribution in [0.1, 0.15) is 18.4 Å². The zero-order valence-electron chi connectivity index (χ0n) is 13.8. The molecule has 3 rings (SSSR count). The number of carbonyl (C=O) groups excluding carboxylic acids is 1. The van der Waals surface area contributed by atoms with Crippen molar-refractivity contribution in [2.45, 2.75) is 23.9 Å². The molecule has 0 saturated carbocycles. The average molecular weight is 419 g/mol. The van der Waals surface area contributed by atoms with Crippen LogP contribution in [0.5, 0.6) is 0 Å². The van der Waals surface area contributed by atoms with Crippen molar-refractivity contribution in [2.75, 3.05) is 16.2 Å². The van der Waals surface area contributed by atoms with Crippen molar-refractivity contribution in [2.24, 2.45) is 0 Å². The number of amides is 1. The summed E-state index contributed by atoms with van der Waals surface area (Å²) in [5, 5.41) is -0.593. The summed E-state index contributed by atoms with van der Waals surface area (Å²) in [5.74, 6) is -0.146. The Morgan fingerprint density at radius 2 is 1.81 bits per heavy atom. The molecule has 1 N–H and O–H groups in total. The van der Waals surface area contributed by atoms with E-state index in [0.29, 0.717) is 31.1 Å². The molecule has 10 heteroatoms. The maximum Gasteiger partial charge on any atom is 0.417 e. The number of sulfonamides is 1. The molecule has 5 nitrogen and oxygen atoms in total. The van der Waals surface area contributed by atoms with E-state index in [1.54, 1.807) is 18.2 Å². The third kappa shape index (κ3) is 4.03. The Kier molecular flexibility index (Phi) is 5.09. The highest BCUT2D eigenvalue weighted by Crippen LogP contribution is 2.37. The molecule has 2 aromatic rings. The van der Waals surface area contributed by atoms with Crippen LogP contribution >= 0.6 is 11.6 Å². The molecule has 0 aromatic heterocycles. The van der Waals surface area contributed by atoms with Gasteiger partial charge < -0.3 is 4.90 Å². The van der Waals surface area contributed by atoms with E-state index in [1.165, 1.54) is 11.0 Å². The molecule has 27 heavy (non-hydrogen) atoms. The van der Waals surface area contributed by atoms with E-state index in [2.05, 4.69) is 4.72 Å². The quantitative estimate of drug-likeness (QED) is 0.805. The summed E-state index contributed by atoms with van der Waals surface area (Å²) in [7, 11) is -4.33. The highest BCUT2D eigenvalue weighted by molar-refractivity contribution is 7.92. The fourth-order valence-electron chi connectivity index (χ4n) is 2.79. The zero-order chi connectivity index (χ0) is 19.8. The Morgan fingerprint density at radius 3 is 2.44 bits per heavy atom. The highest BCUT2D eigenvalue weighted by atomic mass is 35.5. The SMILES string of the molecule is O=C1CCCN1c1ccccc1NS(=O)(=O)c1ccc(Cl)c(C(F)(F)F)c1. The number of alkyl halides is 3. The van der Waals surface area contributed by atoms with Gasteiger partial charge in [0.1, 0.15) is 0 Å². The second kappa shape index (κ2) is 7.05. The topological polar surface area (TPSA) is 66.5 Å². The summed E-state index contributed by atoms with van der Waals surface area (Å²) in [6.07, 6.45) is -3.79. The Labute approximate surface area is 158 Å². The van der Waals surface area contributed by atoms with Gasteiger partial charge in [-0.3, -0.25) is 9.52 Å². The first kappa shape index (κ1) is 19.5. The zero-order valence-corrected chi connectivity index (χ0v) is 15.3. The highest BCUT2D eigenvalue weighted by Gasteiger charge is 2.34. The van der Waals surface area contributed by atoms with Gasteiger partial charge in [0.15, 0.2) is 0 Å². The summed E-state index contributed by atoms with van der Waals surface area (Å²) in [6, 6.07) is 8.57. The maximum atomic E-state index is 13.0. The standard InChI is InChI=1S/C17H14ClF3N2O3S/c18-13-8-7-11(10-12(13)17(19,20)21)27(25,26)22-14-4-1-2-5-15(14)23-9-3-6-16(23)24/h1-2,4-5,7-8,10,22H,3,6,9H2. The average Bonchev–Trinajstić information content (AvgIpc) is 3.00. The van der Waals surface area contributed by atoms with Crippen molar-refractivity contribution in [3.63, 3.8) is 0 Å². The molecule has 2 aromatic carbocycles. The summed E-state index contributed by atoms with van der Waals surface area (Å²) in [4.78, 5) is 12.8. The van der Waals surface area contributed by atoms with Crippen LogP contribution in [0.3, 0.4) is 0 Å². The molecular formula is C17H14ClF3N2O3S. The molecule has 0 aliphatic carbocycles. The largest absolute Gasteiger partial charge is 0.417 e.